The lowest BCUT2D eigenvalue weighted by Crippen LogP contribution is -2.31. The second kappa shape index (κ2) is 9.75. The number of furan rings is 1. The van der Waals surface area contributed by atoms with E-state index < -0.39 is 11.6 Å². The minimum absolute atomic E-state index is 0.392. The zero-order valence-corrected chi connectivity index (χ0v) is 26.4. The number of anilines is 3. The number of alkyl halides is 1. The van der Waals surface area contributed by atoms with Crippen LogP contribution in [0.5, 0.6) is 0 Å². The molecular weight excluding hydrogens is 595 g/mol. The average Bonchev–Trinajstić information content (AvgIpc) is 3.77. The van der Waals surface area contributed by atoms with Crippen LogP contribution in [0.15, 0.2) is 138 Å². The third-order valence-corrected chi connectivity index (χ3v) is 10.1. The molecule has 0 amide bonds. The number of hydrogen-bond donors (Lipinski definition) is 0. The highest BCUT2D eigenvalue weighted by Gasteiger charge is 2.40. The summed E-state index contributed by atoms with van der Waals surface area (Å²) in [5, 5.41) is 5.13. The van der Waals surface area contributed by atoms with Crippen molar-refractivity contribution in [3.05, 3.63) is 156 Å². The Bertz CT molecular complexity index is 2760. The third kappa shape index (κ3) is 3.65. The number of aromatic nitrogens is 3. The van der Waals surface area contributed by atoms with E-state index in [2.05, 4.69) is 64.5 Å². The van der Waals surface area contributed by atoms with E-state index in [9.17, 15) is 0 Å². The van der Waals surface area contributed by atoms with Crippen LogP contribution >= 0.6 is 0 Å². The van der Waals surface area contributed by atoms with Crippen molar-refractivity contribution in [3.63, 3.8) is 0 Å². The first-order chi connectivity index (χ1) is 23.5. The third-order valence-electron chi connectivity index (χ3n) is 10.1. The van der Waals surface area contributed by atoms with Crippen molar-refractivity contribution in [2.45, 2.75) is 25.4 Å². The topological polar surface area (TPSA) is 46.6 Å². The second-order valence-electron chi connectivity index (χ2n) is 13.2. The number of rotatable bonds is 3. The summed E-state index contributed by atoms with van der Waals surface area (Å²) >= 11 is 0. The van der Waals surface area contributed by atoms with Crippen LogP contribution in [0.1, 0.15) is 42.3 Å². The van der Waals surface area contributed by atoms with Gasteiger partial charge in [-0.1, -0.05) is 92.7 Å². The smallest absolute Gasteiger partial charge is 0.150 e. The van der Waals surface area contributed by atoms with Crippen LogP contribution in [-0.4, -0.2) is 14.4 Å². The van der Waals surface area contributed by atoms with E-state index in [4.69, 9.17) is 9.40 Å². The number of imidazole rings is 1. The van der Waals surface area contributed by atoms with Gasteiger partial charge in [-0.25, -0.2) is 14.4 Å². The van der Waals surface area contributed by atoms with Crippen LogP contribution in [0.25, 0.3) is 49.3 Å². The summed E-state index contributed by atoms with van der Waals surface area (Å²) in [5.41, 5.74) is 8.35. The largest absolute Gasteiger partial charge is 0.456 e. The second-order valence-corrected chi connectivity index (χ2v) is 13.2. The fourth-order valence-corrected chi connectivity index (χ4v) is 7.87. The van der Waals surface area contributed by atoms with Gasteiger partial charge in [0, 0.05) is 56.8 Å². The Balaban J connectivity index is 1.14. The number of halogens is 1. The molecule has 5 aromatic carbocycles. The highest BCUT2D eigenvalue weighted by molar-refractivity contribution is 6.12. The van der Waals surface area contributed by atoms with Crippen molar-refractivity contribution in [1.29, 1.82) is 0 Å². The molecule has 9 aromatic rings. The number of para-hydroxylation sites is 3. The maximum Gasteiger partial charge on any atom is 0.150 e. The summed E-state index contributed by atoms with van der Waals surface area (Å²) in [6.45, 7) is 4.45. The Morgan fingerprint density at radius 2 is 1.50 bits per heavy atom. The van der Waals surface area contributed by atoms with Gasteiger partial charge < -0.3 is 4.42 Å². The summed E-state index contributed by atoms with van der Waals surface area (Å²) in [6, 6.07) is 38.4. The molecular formula is C42H29FN4O. The van der Waals surface area contributed by atoms with E-state index in [1.807, 2.05) is 91.3 Å². The molecule has 5 nitrogen and oxygen atoms in total. The Morgan fingerprint density at radius 3 is 2.42 bits per heavy atom. The predicted molar refractivity (Wildman–Crippen MR) is 191 cm³/mol. The highest BCUT2D eigenvalue weighted by atomic mass is 19.1. The zero-order valence-electron chi connectivity index (χ0n) is 26.4. The summed E-state index contributed by atoms with van der Waals surface area (Å²) in [7, 11) is 0. The van der Waals surface area contributed by atoms with Gasteiger partial charge >= 0.3 is 0 Å². The van der Waals surface area contributed by atoms with E-state index in [1.165, 1.54) is 0 Å². The summed E-state index contributed by atoms with van der Waals surface area (Å²) in [5.74, 6) is 0.789. The monoisotopic (exact) mass is 624 g/mol. The maximum atomic E-state index is 16.7. The lowest BCUT2D eigenvalue weighted by molar-refractivity contribution is 0.402. The summed E-state index contributed by atoms with van der Waals surface area (Å²) < 4.78 is 25.4. The molecule has 1 unspecified atom stereocenters. The van der Waals surface area contributed by atoms with Gasteiger partial charge in [0.05, 0.1) is 11.2 Å². The first kappa shape index (κ1) is 27.1. The number of fused-ring (bicyclic) bond motifs is 12. The molecule has 1 aliphatic rings. The normalized spacial score (nSPS) is 14.6. The molecule has 6 heteroatoms. The minimum atomic E-state index is -1.35. The van der Waals surface area contributed by atoms with E-state index in [0.717, 1.165) is 77.6 Å². The van der Waals surface area contributed by atoms with Gasteiger partial charge in [0.25, 0.3) is 0 Å². The van der Waals surface area contributed by atoms with Crippen LogP contribution in [0.2, 0.25) is 0 Å². The molecule has 0 aliphatic carbocycles. The van der Waals surface area contributed by atoms with Gasteiger partial charge in [-0.15, -0.1) is 0 Å². The maximum absolute atomic E-state index is 16.7. The Labute approximate surface area is 275 Å². The van der Waals surface area contributed by atoms with Gasteiger partial charge in [0.15, 0.2) is 6.17 Å². The number of nitrogens with zero attached hydrogens (tertiary/aromatic N) is 4. The number of benzene rings is 5. The fourth-order valence-electron chi connectivity index (χ4n) is 7.87. The quantitative estimate of drug-likeness (QED) is 0.184. The molecule has 0 radical (unpaired) electrons. The average molecular weight is 625 g/mol. The molecule has 0 N–H and O–H groups in total. The molecule has 4 aromatic heterocycles. The van der Waals surface area contributed by atoms with Gasteiger partial charge in [-0.05, 0) is 58.5 Å². The highest BCUT2D eigenvalue weighted by Crippen LogP contribution is 2.54. The Kier molecular flexibility index (Phi) is 5.51. The predicted octanol–water partition coefficient (Wildman–Crippen LogP) is 11.1. The summed E-state index contributed by atoms with van der Waals surface area (Å²) in [4.78, 5) is 11.9. The van der Waals surface area contributed by atoms with Crippen molar-refractivity contribution in [2.75, 3.05) is 4.90 Å². The molecule has 0 saturated heterocycles. The molecule has 5 heterocycles. The van der Waals surface area contributed by atoms with Crippen molar-refractivity contribution >= 4 is 66.5 Å². The molecule has 10 rings (SSSR count). The van der Waals surface area contributed by atoms with Crippen molar-refractivity contribution < 1.29 is 8.81 Å². The molecule has 1 atom stereocenters. The van der Waals surface area contributed by atoms with Crippen LogP contribution in [0, 0.1) is 0 Å². The van der Waals surface area contributed by atoms with Crippen LogP contribution in [-0.2, 0) is 5.41 Å². The summed E-state index contributed by atoms with van der Waals surface area (Å²) in [6.07, 6.45) is 4.32. The van der Waals surface area contributed by atoms with Crippen molar-refractivity contribution in [1.82, 2.24) is 14.4 Å². The molecule has 0 spiro atoms. The first-order valence-corrected chi connectivity index (χ1v) is 16.2. The SMILES string of the molecule is CC1(C)c2ccccc2N(c2cccc(C(F)c3ccc4c5ccccc5n5ccnc5c4c3)c2)c2ncc3c(oc4ccccc43)c21. The van der Waals surface area contributed by atoms with Gasteiger partial charge in [0.2, 0.25) is 0 Å². The molecule has 0 bridgehead atoms. The molecule has 0 saturated carbocycles. The lowest BCUT2D eigenvalue weighted by Gasteiger charge is -2.40. The lowest BCUT2D eigenvalue weighted by atomic mass is 9.74. The van der Waals surface area contributed by atoms with E-state index in [1.54, 1.807) is 6.20 Å². The molecule has 230 valence electrons. The first-order valence-electron chi connectivity index (χ1n) is 16.2. The van der Waals surface area contributed by atoms with Crippen LogP contribution < -0.4 is 4.90 Å². The number of hydrogen-bond acceptors (Lipinski definition) is 4. The van der Waals surface area contributed by atoms with Gasteiger partial charge in [0.1, 0.15) is 22.6 Å². The van der Waals surface area contributed by atoms with Crippen molar-refractivity contribution in [2.24, 2.45) is 0 Å². The minimum Gasteiger partial charge on any atom is -0.456 e. The number of pyridine rings is 2. The Hall–Kier alpha value is -6.01. The zero-order chi connectivity index (χ0) is 32.1. The van der Waals surface area contributed by atoms with E-state index in [0.29, 0.717) is 11.1 Å². The van der Waals surface area contributed by atoms with Crippen molar-refractivity contribution in [3.8, 4) is 0 Å². The van der Waals surface area contributed by atoms with Gasteiger partial charge in [-0.3, -0.25) is 9.30 Å². The fraction of sp³-hybridized carbons (Fsp3) is 0.0952. The van der Waals surface area contributed by atoms with E-state index in [-0.39, 0.29) is 0 Å². The Morgan fingerprint density at radius 1 is 0.708 bits per heavy atom. The molecule has 0 fully saturated rings. The van der Waals surface area contributed by atoms with Crippen LogP contribution in [0.3, 0.4) is 0 Å². The standard InChI is InChI=1S/C42H29FN4O/c1-42(2)33-14-5-7-16-35(33)47(41-37(42)39-32(24-45-41)30-13-4-8-17-36(30)48-39)27-11-9-10-25(22-27)38(43)26-18-19-28-29-12-3-6-15-34(29)46-21-20-44-40(46)31(28)23-26/h3-24,38H,1-2H3. The molecule has 1 aliphatic heterocycles. The molecule has 48 heavy (non-hydrogen) atoms. The van der Waals surface area contributed by atoms with Gasteiger partial charge in [-0.2, -0.15) is 0 Å². The van der Waals surface area contributed by atoms with E-state index >= 15 is 4.39 Å². The van der Waals surface area contributed by atoms with Crippen LogP contribution in [0.4, 0.5) is 21.6 Å².